The Morgan fingerprint density at radius 1 is 0.963 bits per heavy atom. The molecule has 0 radical (unpaired) electrons. The Bertz CT molecular complexity index is 724. The molecule has 1 aliphatic rings. The number of benzene rings is 2. The van der Waals surface area contributed by atoms with Crippen molar-refractivity contribution >= 4 is 18.7 Å². The van der Waals surface area contributed by atoms with Crippen LogP contribution in [-0.4, -0.2) is 25.6 Å². The molecule has 144 valence electrons. The van der Waals surface area contributed by atoms with Crippen molar-refractivity contribution in [3.63, 3.8) is 0 Å². The van der Waals surface area contributed by atoms with Crippen LogP contribution in [0, 0.1) is 5.92 Å². The van der Waals surface area contributed by atoms with Gasteiger partial charge in [0.25, 0.3) is 8.32 Å². The van der Waals surface area contributed by atoms with Crippen LogP contribution >= 0.6 is 0 Å². The lowest BCUT2D eigenvalue weighted by Crippen LogP contribution is -2.68. The van der Waals surface area contributed by atoms with Gasteiger partial charge < -0.3 is 9.53 Å². The maximum atomic E-state index is 10.5. The van der Waals surface area contributed by atoms with E-state index in [1.54, 1.807) is 0 Å². The van der Waals surface area contributed by atoms with E-state index >= 15 is 0 Å². The molecule has 2 aromatic carbocycles. The van der Waals surface area contributed by atoms with Crippen molar-refractivity contribution in [3.8, 4) is 0 Å². The molecule has 1 aliphatic carbocycles. The molecule has 1 saturated carbocycles. The molecule has 1 N–H and O–H groups in total. The molecule has 3 rings (SSSR count). The van der Waals surface area contributed by atoms with Gasteiger partial charge in [0, 0.05) is 5.92 Å². The average molecular weight is 381 g/mol. The Morgan fingerprint density at radius 2 is 1.44 bits per heavy atom. The molecule has 0 bridgehead atoms. The normalized spacial score (nSPS) is 24.0. The Morgan fingerprint density at radius 3 is 1.89 bits per heavy atom. The van der Waals surface area contributed by atoms with Crippen molar-refractivity contribution in [3.05, 3.63) is 72.8 Å². The van der Waals surface area contributed by atoms with Crippen LogP contribution in [0.25, 0.3) is 0 Å². The predicted molar refractivity (Wildman–Crippen MR) is 116 cm³/mol. The third-order valence-corrected chi connectivity index (χ3v) is 11.0. The smallest absolute Gasteiger partial charge is 0.261 e. The fourth-order valence-corrected chi connectivity index (χ4v) is 9.16. The zero-order chi connectivity index (χ0) is 19.7. The SMILES string of the molecule is C=C1CC[C@H](O)[C@@H](C)[C@H]1O[Si](c1ccccc1)(c1ccccc1)C(C)(C)C. The molecule has 2 nitrogen and oxygen atoms in total. The number of aliphatic hydroxyl groups excluding tert-OH is 1. The van der Waals surface area contributed by atoms with Crippen LogP contribution in [0.4, 0.5) is 0 Å². The maximum Gasteiger partial charge on any atom is 0.261 e. The third kappa shape index (κ3) is 3.69. The van der Waals surface area contributed by atoms with Gasteiger partial charge in [-0.05, 0) is 33.8 Å². The van der Waals surface area contributed by atoms with Crippen molar-refractivity contribution in [2.45, 2.75) is 57.8 Å². The first kappa shape index (κ1) is 20.1. The van der Waals surface area contributed by atoms with E-state index in [4.69, 9.17) is 4.43 Å². The van der Waals surface area contributed by atoms with Crippen molar-refractivity contribution in [2.75, 3.05) is 0 Å². The highest BCUT2D eigenvalue weighted by molar-refractivity contribution is 6.99. The minimum absolute atomic E-state index is 0.0490. The standard InChI is InChI=1S/C24H32O2Si/c1-18-16-17-22(25)19(2)23(18)26-27(24(3,4)5,20-12-8-6-9-13-20)21-14-10-7-11-15-21/h6-15,19,22-23,25H,1,16-17H2,2-5H3/t19-,22+,23+/m1/s1. The summed E-state index contributed by atoms with van der Waals surface area (Å²) in [6.45, 7) is 13.3. The molecule has 0 amide bonds. The second-order valence-corrected chi connectivity index (χ2v) is 13.1. The monoisotopic (exact) mass is 380 g/mol. The van der Waals surface area contributed by atoms with Crippen LogP contribution in [0.5, 0.6) is 0 Å². The Labute approximate surface area is 165 Å². The average Bonchev–Trinajstić information content (AvgIpc) is 2.66. The van der Waals surface area contributed by atoms with Gasteiger partial charge in [-0.2, -0.15) is 0 Å². The molecular weight excluding hydrogens is 348 g/mol. The second-order valence-electron chi connectivity index (χ2n) is 8.83. The zero-order valence-electron chi connectivity index (χ0n) is 17.0. The van der Waals surface area contributed by atoms with E-state index in [9.17, 15) is 5.11 Å². The highest BCUT2D eigenvalue weighted by Gasteiger charge is 2.52. The van der Waals surface area contributed by atoms with E-state index in [0.717, 1.165) is 18.4 Å². The lowest BCUT2D eigenvalue weighted by molar-refractivity contribution is 0.0220. The number of rotatable bonds is 4. The number of hydrogen-bond acceptors (Lipinski definition) is 2. The molecule has 0 aromatic heterocycles. The van der Waals surface area contributed by atoms with Crippen LogP contribution in [-0.2, 0) is 4.43 Å². The lowest BCUT2D eigenvalue weighted by Gasteiger charge is -2.48. The zero-order valence-corrected chi connectivity index (χ0v) is 18.0. The Hall–Kier alpha value is -1.68. The first-order valence-corrected chi connectivity index (χ1v) is 11.8. The molecule has 0 heterocycles. The van der Waals surface area contributed by atoms with E-state index in [-0.39, 0.29) is 23.2 Å². The van der Waals surface area contributed by atoms with E-state index in [1.165, 1.54) is 10.4 Å². The second kappa shape index (κ2) is 7.74. The van der Waals surface area contributed by atoms with E-state index in [2.05, 4.69) is 94.9 Å². The molecule has 0 spiro atoms. The van der Waals surface area contributed by atoms with Gasteiger partial charge in [-0.25, -0.2) is 0 Å². The summed E-state index contributed by atoms with van der Waals surface area (Å²) in [5.41, 5.74) is 1.11. The summed E-state index contributed by atoms with van der Waals surface area (Å²) < 4.78 is 7.19. The molecule has 3 atom stereocenters. The minimum Gasteiger partial charge on any atom is -0.400 e. The summed E-state index contributed by atoms with van der Waals surface area (Å²) in [5.74, 6) is 0.0490. The summed E-state index contributed by atoms with van der Waals surface area (Å²) in [6.07, 6.45) is 1.15. The van der Waals surface area contributed by atoms with Gasteiger partial charge in [-0.15, -0.1) is 0 Å². The fraction of sp³-hybridized carbons (Fsp3) is 0.417. The van der Waals surface area contributed by atoms with Gasteiger partial charge in [-0.1, -0.05) is 94.9 Å². The van der Waals surface area contributed by atoms with Gasteiger partial charge in [0.1, 0.15) is 0 Å². The van der Waals surface area contributed by atoms with E-state index in [0.29, 0.717) is 0 Å². The molecule has 2 aromatic rings. The van der Waals surface area contributed by atoms with Crippen LogP contribution in [0.15, 0.2) is 72.8 Å². The predicted octanol–water partition coefficient (Wildman–Crippen LogP) is 4.28. The summed E-state index contributed by atoms with van der Waals surface area (Å²) >= 11 is 0. The molecule has 27 heavy (non-hydrogen) atoms. The molecule has 1 fully saturated rings. The van der Waals surface area contributed by atoms with E-state index < -0.39 is 8.32 Å². The lowest BCUT2D eigenvalue weighted by atomic mass is 9.82. The van der Waals surface area contributed by atoms with E-state index in [1.807, 2.05) is 0 Å². The van der Waals surface area contributed by atoms with Crippen LogP contribution in [0.3, 0.4) is 0 Å². The van der Waals surface area contributed by atoms with Crippen molar-refractivity contribution in [2.24, 2.45) is 5.92 Å². The van der Waals surface area contributed by atoms with Crippen molar-refractivity contribution in [1.82, 2.24) is 0 Å². The minimum atomic E-state index is -2.62. The highest BCUT2D eigenvalue weighted by Crippen LogP contribution is 2.41. The number of hydrogen-bond donors (Lipinski definition) is 1. The van der Waals surface area contributed by atoms with Gasteiger partial charge in [-0.3, -0.25) is 0 Å². The summed E-state index contributed by atoms with van der Waals surface area (Å²) in [7, 11) is -2.62. The summed E-state index contributed by atoms with van der Waals surface area (Å²) in [5, 5.41) is 13.0. The Balaban J connectivity index is 2.19. The van der Waals surface area contributed by atoms with Crippen molar-refractivity contribution < 1.29 is 9.53 Å². The van der Waals surface area contributed by atoms with Gasteiger partial charge >= 0.3 is 0 Å². The maximum absolute atomic E-state index is 10.5. The fourth-order valence-electron chi connectivity index (χ4n) is 4.38. The van der Waals surface area contributed by atoms with Gasteiger partial charge in [0.2, 0.25) is 0 Å². The molecular formula is C24H32O2Si. The van der Waals surface area contributed by atoms with Gasteiger partial charge in [0.15, 0.2) is 0 Å². The third-order valence-electron chi connectivity index (χ3n) is 5.97. The molecule has 0 saturated heterocycles. The summed E-state index contributed by atoms with van der Waals surface area (Å²) in [6, 6.07) is 21.3. The molecule has 0 unspecified atom stereocenters. The van der Waals surface area contributed by atoms with Gasteiger partial charge in [0.05, 0.1) is 12.2 Å². The van der Waals surface area contributed by atoms with Crippen molar-refractivity contribution in [1.29, 1.82) is 0 Å². The number of aliphatic hydroxyl groups is 1. The first-order chi connectivity index (χ1) is 12.8. The van der Waals surface area contributed by atoms with Crippen LogP contribution in [0.2, 0.25) is 5.04 Å². The topological polar surface area (TPSA) is 29.5 Å². The highest BCUT2D eigenvalue weighted by atomic mass is 28.4. The molecule has 3 heteroatoms. The summed E-state index contributed by atoms with van der Waals surface area (Å²) in [4.78, 5) is 0. The Kier molecular flexibility index (Phi) is 5.75. The van der Waals surface area contributed by atoms with Crippen LogP contribution in [0.1, 0.15) is 40.5 Å². The van der Waals surface area contributed by atoms with Crippen LogP contribution < -0.4 is 10.4 Å². The molecule has 0 aliphatic heterocycles. The quantitative estimate of drug-likeness (QED) is 0.634. The first-order valence-electron chi connectivity index (χ1n) is 9.92. The largest absolute Gasteiger partial charge is 0.400 e.